The summed E-state index contributed by atoms with van der Waals surface area (Å²) in [6.07, 6.45) is -6.93. The lowest BCUT2D eigenvalue weighted by Gasteiger charge is -2.30. The summed E-state index contributed by atoms with van der Waals surface area (Å²) in [7, 11) is 0. The third kappa shape index (κ3) is 4.47. The van der Waals surface area contributed by atoms with Crippen molar-refractivity contribution in [2.45, 2.75) is 25.2 Å². The molecule has 1 atom stereocenters. The van der Waals surface area contributed by atoms with Crippen LogP contribution in [0.3, 0.4) is 0 Å². The molecule has 0 aromatic heterocycles. The van der Waals surface area contributed by atoms with Crippen molar-refractivity contribution in [1.29, 1.82) is 0 Å². The highest BCUT2D eigenvalue weighted by molar-refractivity contribution is 5.96. The lowest BCUT2D eigenvalue weighted by atomic mass is 10.1. The fourth-order valence-corrected chi connectivity index (χ4v) is 1.78. The second-order valence-electron chi connectivity index (χ2n) is 4.30. The van der Waals surface area contributed by atoms with Gasteiger partial charge in [0.1, 0.15) is 6.04 Å². The minimum absolute atomic E-state index is 0.346. The largest absolute Gasteiger partial charge is 0.488 e. The Hall–Kier alpha value is -2.58. The van der Waals surface area contributed by atoms with Crippen LogP contribution in [0.5, 0.6) is 0 Å². The molecule has 0 bridgehead atoms. The first kappa shape index (κ1) is 17.5. The van der Waals surface area contributed by atoms with Crippen LogP contribution in [0, 0.1) is 0 Å². The molecule has 0 spiro atoms. The molecule has 0 aliphatic rings. The Morgan fingerprint density at radius 1 is 1.09 bits per heavy atom. The first-order valence-corrected chi connectivity index (χ1v) is 6.04. The van der Waals surface area contributed by atoms with Gasteiger partial charge in [-0.25, -0.2) is 9.69 Å². The van der Waals surface area contributed by atoms with Gasteiger partial charge in [-0.3, -0.25) is 9.59 Å². The Morgan fingerprint density at radius 2 is 1.64 bits per heavy atom. The summed E-state index contributed by atoms with van der Waals surface area (Å²) in [4.78, 5) is 32.7. The molecule has 1 aromatic carbocycles. The topological polar surface area (TPSA) is 94.9 Å². The van der Waals surface area contributed by atoms with Crippen molar-refractivity contribution in [3.63, 3.8) is 0 Å². The molecular weight excluding hydrogens is 307 g/mol. The van der Waals surface area contributed by atoms with E-state index in [4.69, 9.17) is 10.2 Å². The zero-order chi connectivity index (χ0) is 16.9. The lowest BCUT2D eigenvalue weighted by molar-refractivity contribution is -0.239. The van der Waals surface area contributed by atoms with Gasteiger partial charge < -0.3 is 10.2 Å². The molecule has 2 N–H and O–H groups in total. The molecule has 1 rings (SSSR count). The second-order valence-corrected chi connectivity index (χ2v) is 4.30. The Labute approximate surface area is 122 Å². The van der Waals surface area contributed by atoms with Gasteiger partial charge in [0.05, 0.1) is 0 Å². The third-order valence-electron chi connectivity index (χ3n) is 2.74. The van der Waals surface area contributed by atoms with Crippen molar-refractivity contribution in [3.8, 4) is 0 Å². The summed E-state index contributed by atoms with van der Waals surface area (Å²) in [6.45, 7) is 0. The Balaban J connectivity index is 3.17. The van der Waals surface area contributed by atoms with Crippen molar-refractivity contribution < 1.29 is 37.8 Å². The van der Waals surface area contributed by atoms with E-state index in [1.54, 1.807) is 0 Å². The molecule has 0 fully saturated rings. The number of halogens is 3. The predicted octanol–water partition coefficient (Wildman–Crippen LogP) is 1.97. The van der Waals surface area contributed by atoms with Gasteiger partial charge in [0, 0.05) is 12.0 Å². The van der Waals surface area contributed by atoms with Crippen LogP contribution in [0.4, 0.5) is 13.2 Å². The van der Waals surface area contributed by atoms with E-state index in [-0.39, 0.29) is 5.56 Å². The van der Waals surface area contributed by atoms with Crippen molar-refractivity contribution in [2.24, 2.45) is 0 Å². The molecular formula is C13H12F3NO5. The van der Waals surface area contributed by atoms with Crippen LogP contribution in [-0.2, 0) is 9.59 Å². The summed E-state index contributed by atoms with van der Waals surface area (Å²) >= 11 is 0. The van der Waals surface area contributed by atoms with Crippen LogP contribution in [0.1, 0.15) is 23.2 Å². The quantitative estimate of drug-likeness (QED) is 0.782. The lowest BCUT2D eigenvalue weighted by Crippen LogP contribution is -2.53. The number of rotatable bonds is 6. The van der Waals surface area contributed by atoms with Crippen molar-refractivity contribution in [2.75, 3.05) is 0 Å². The van der Waals surface area contributed by atoms with E-state index in [0.717, 1.165) is 12.1 Å². The molecule has 0 saturated heterocycles. The van der Waals surface area contributed by atoms with Crippen molar-refractivity contribution in [3.05, 3.63) is 35.9 Å². The number of alkyl halides is 3. The maximum absolute atomic E-state index is 13.1. The highest BCUT2D eigenvalue weighted by Gasteiger charge is 2.48. The minimum atomic E-state index is -5.26. The number of benzene rings is 1. The van der Waals surface area contributed by atoms with Crippen LogP contribution in [0.2, 0.25) is 0 Å². The summed E-state index contributed by atoms with van der Waals surface area (Å²) in [6, 6.07) is 4.04. The first-order chi connectivity index (χ1) is 10.1. The number of hydrogen-bond donors (Lipinski definition) is 2. The molecule has 120 valence electrons. The third-order valence-corrected chi connectivity index (χ3v) is 2.74. The van der Waals surface area contributed by atoms with Gasteiger partial charge in [-0.2, -0.15) is 0 Å². The van der Waals surface area contributed by atoms with Crippen LogP contribution < -0.4 is 0 Å². The molecule has 1 amide bonds. The number of carboxylic acids is 2. The van der Waals surface area contributed by atoms with Gasteiger partial charge in [-0.1, -0.05) is 18.2 Å². The average molecular weight is 319 g/mol. The van der Waals surface area contributed by atoms with Crippen LogP contribution in [-0.4, -0.2) is 45.3 Å². The maximum Gasteiger partial charge on any atom is 0.488 e. The number of nitrogens with zero attached hydrogens (tertiary/aromatic N) is 1. The number of aliphatic carboxylic acids is 2. The molecule has 0 aliphatic heterocycles. The molecule has 1 aromatic rings. The average Bonchev–Trinajstić information content (AvgIpc) is 2.41. The van der Waals surface area contributed by atoms with Crippen LogP contribution in [0.25, 0.3) is 0 Å². The van der Waals surface area contributed by atoms with E-state index in [9.17, 15) is 27.6 Å². The van der Waals surface area contributed by atoms with Crippen LogP contribution >= 0.6 is 0 Å². The molecule has 9 heteroatoms. The monoisotopic (exact) mass is 319 g/mol. The number of carbonyl (C=O) groups is 3. The van der Waals surface area contributed by atoms with Crippen molar-refractivity contribution >= 4 is 17.8 Å². The van der Waals surface area contributed by atoms with E-state index < -0.39 is 47.9 Å². The van der Waals surface area contributed by atoms with Gasteiger partial charge in [-0.05, 0) is 18.6 Å². The van der Waals surface area contributed by atoms with Crippen LogP contribution in [0.15, 0.2) is 30.3 Å². The van der Waals surface area contributed by atoms with Gasteiger partial charge in [-0.15, -0.1) is 13.2 Å². The molecule has 0 heterocycles. The molecule has 0 unspecified atom stereocenters. The highest BCUT2D eigenvalue weighted by Crippen LogP contribution is 2.28. The summed E-state index contributed by atoms with van der Waals surface area (Å²) in [5, 5.41) is 17.4. The van der Waals surface area contributed by atoms with Gasteiger partial charge >= 0.3 is 18.2 Å². The van der Waals surface area contributed by atoms with Gasteiger partial charge in [0.25, 0.3) is 5.91 Å². The molecule has 6 nitrogen and oxygen atoms in total. The number of carbonyl (C=O) groups excluding carboxylic acids is 1. The summed E-state index contributed by atoms with van der Waals surface area (Å²) in [5.41, 5.74) is -0.346. The normalized spacial score (nSPS) is 12.5. The first-order valence-electron chi connectivity index (χ1n) is 6.04. The Bertz CT molecular complexity index is 559. The smallest absolute Gasteiger partial charge is 0.481 e. The zero-order valence-electron chi connectivity index (χ0n) is 11.1. The summed E-state index contributed by atoms with van der Waals surface area (Å²) < 4.78 is 39.3. The fraction of sp³-hybridized carbons (Fsp3) is 0.308. The van der Waals surface area contributed by atoms with Gasteiger partial charge in [0.2, 0.25) is 0 Å². The van der Waals surface area contributed by atoms with E-state index in [1.807, 2.05) is 0 Å². The number of carboxylic acid groups (broad SMARTS) is 2. The van der Waals surface area contributed by atoms with Gasteiger partial charge in [0.15, 0.2) is 0 Å². The van der Waals surface area contributed by atoms with E-state index in [0.29, 0.717) is 0 Å². The minimum Gasteiger partial charge on any atom is -0.481 e. The maximum atomic E-state index is 13.1. The fourth-order valence-electron chi connectivity index (χ4n) is 1.78. The molecule has 0 aliphatic carbocycles. The SMILES string of the molecule is O=C(O)CC[C@@H](C(=O)O)N(C(=O)c1ccccc1)C(F)(F)F. The zero-order valence-corrected chi connectivity index (χ0v) is 11.1. The Kier molecular flexibility index (Phi) is 5.50. The number of hydrogen-bond acceptors (Lipinski definition) is 3. The standard InChI is InChI=1S/C13H12F3NO5/c14-13(15,16)17(9(12(21)22)6-7-10(18)19)11(20)8-4-2-1-3-5-8/h1-5,9H,6-7H2,(H,18,19)(H,21,22)/t9-/m0/s1. The molecule has 0 radical (unpaired) electrons. The van der Waals surface area contributed by atoms with E-state index >= 15 is 0 Å². The highest BCUT2D eigenvalue weighted by atomic mass is 19.4. The summed E-state index contributed by atoms with van der Waals surface area (Å²) in [5.74, 6) is -4.94. The Morgan fingerprint density at radius 3 is 2.05 bits per heavy atom. The molecule has 22 heavy (non-hydrogen) atoms. The van der Waals surface area contributed by atoms with E-state index in [1.165, 1.54) is 18.2 Å². The predicted molar refractivity (Wildman–Crippen MR) is 67.0 cm³/mol. The molecule has 0 saturated carbocycles. The number of amides is 1. The van der Waals surface area contributed by atoms with Crippen molar-refractivity contribution in [1.82, 2.24) is 4.90 Å². The second kappa shape index (κ2) is 6.92. The van der Waals surface area contributed by atoms with E-state index in [2.05, 4.69) is 0 Å².